The highest BCUT2D eigenvalue weighted by molar-refractivity contribution is 7.99. The third-order valence-corrected chi connectivity index (χ3v) is 2.49. The van der Waals surface area contributed by atoms with Crippen LogP contribution in [0.15, 0.2) is 41.3 Å². The molecule has 0 heterocycles. The minimum atomic E-state index is 0.790. The summed E-state index contributed by atoms with van der Waals surface area (Å²) < 4.78 is 0. The molecule has 0 unspecified atom stereocenters. The van der Waals surface area contributed by atoms with Crippen LogP contribution in [0.4, 0.5) is 0 Å². The highest BCUT2D eigenvalue weighted by Gasteiger charge is 1.91. The molecule has 0 aromatic heterocycles. The summed E-state index contributed by atoms with van der Waals surface area (Å²) >= 11 is 7.56. The topological polar surface area (TPSA) is 0 Å². The zero-order valence-electron chi connectivity index (χ0n) is 6.66. The number of thioether (sulfide) groups is 1. The summed E-state index contributed by atoms with van der Waals surface area (Å²) in [6.45, 7) is 3.61. The van der Waals surface area contributed by atoms with Gasteiger partial charge in [0.05, 0.1) is 0 Å². The number of hydrogen-bond acceptors (Lipinski definition) is 1. The lowest BCUT2D eigenvalue weighted by molar-refractivity contribution is 1.46. The van der Waals surface area contributed by atoms with E-state index in [9.17, 15) is 0 Å². The zero-order chi connectivity index (χ0) is 8.81. The van der Waals surface area contributed by atoms with E-state index in [0.29, 0.717) is 0 Å². The third kappa shape index (κ3) is 3.33. The van der Waals surface area contributed by atoms with E-state index in [0.717, 1.165) is 10.8 Å². The minimum Gasteiger partial charge on any atom is -0.122 e. The van der Waals surface area contributed by atoms with Crippen molar-refractivity contribution in [1.29, 1.82) is 0 Å². The van der Waals surface area contributed by atoms with E-state index in [1.165, 1.54) is 4.90 Å². The fourth-order valence-electron chi connectivity index (χ4n) is 0.769. The summed E-state index contributed by atoms with van der Waals surface area (Å²) in [6.07, 6.45) is 3.82. The lowest BCUT2D eigenvalue weighted by Crippen LogP contribution is -1.73. The predicted octanol–water partition coefficient (Wildman–Crippen LogP) is 3.82. The van der Waals surface area contributed by atoms with Crippen molar-refractivity contribution in [2.75, 3.05) is 5.75 Å². The van der Waals surface area contributed by atoms with Gasteiger partial charge in [-0.15, -0.1) is 11.8 Å². The van der Waals surface area contributed by atoms with Crippen molar-refractivity contribution in [3.8, 4) is 0 Å². The average Bonchev–Trinajstić information content (AvgIpc) is 2.05. The molecule has 0 atom stereocenters. The van der Waals surface area contributed by atoms with Gasteiger partial charge >= 0.3 is 0 Å². The minimum absolute atomic E-state index is 0.790. The van der Waals surface area contributed by atoms with Crippen LogP contribution in [-0.2, 0) is 0 Å². The number of hydrogen-bond donors (Lipinski definition) is 0. The van der Waals surface area contributed by atoms with Crippen molar-refractivity contribution in [2.45, 2.75) is 4.90 Å². The fraction of sp³-hybridized carbons (Fsp3) is 0.100. The maximum Gasteiger partial charge on any atom is 0.0417 e. The number of rotatable bonds is 3. The maximum atomic E-state index is 5.81. The van der Waals surface area contributed by atoms with Gasteiger partial charge in [0.15, 0.2) is 0 Å². The van der Waals surface area contributed by atoms with Crippen molar-refractivity contribution in [1.82, 2.24) is 0 Å². The molecule has 1 radical (unpaired) electrons. The van der Waals surface area contributed by atoms with Crippen LogP contribution in [0, 0.1) is 6.92 Å². The Balaban J connectivity index is 2.52. The first kappa shape index (κ1) is 9.69. The molecule has 0 aliphatic carbocycles. The van der Waals surface area contributed by atoms with E-state index in [1.807, 2.05) is 30.3 Å². The van der Waals surface area contributed by atoms with Gasteiger partial charge in [0.1, 0.15) is 0 Å². The quantitative estimate of drug-likeness (QED) is 0.664. The molecule has 0 saturated heterocycles. The number of allylic oxidation sites excluding steroid dienone is 1. The molecule has 1 aromatic carbocycles. The Hall–Kier alpha value is -0.400. The second-order valence-electron chi connectivity index (χ2n) is 2.24. The number of halogens is 1. The normalized spacial score (nSPS) is 10.8. The molecule has 0 aliphatic heterocycles. The standard InChI is InChI=1S/C10H10ClS/c1-2-3-7-12-10-6-4-5-9(11)8-10/h2-6,8H,1,7H2/b3-2+. The Morgan fingerprint density at radius 3 is 3.00 bits per heavy atom. The van der Waals surface area contributed by atoms with Crippen molar-refractivity contribution >= 4 is 23.4 Å². The summed E-state index contributed by atoms with van der Waals surface area (Å²) in [6, 6.07) is 7.85. The Morgan fingerprint density at radius 1 is 1.50 bits per heavy atom. The first-order chi connectivity index (χ1) is 5.83. The molecule has 0 N–H and O–H groups in total. The molecule has 0 nitrogen and oxygen atoms in total. The van der Waals surface area contributed by atoms with E-state index >= 15 is 0 Å². The van der Waals surface area contributed by atoms with Crippen LogP contribution >= 0.6 is 23.4 Å². The van der Waals surface area contributed by atoms with Crippen molar-refractivity contribution in [3.05, 3.63) is 48.4 Å². The Bertz CT molecular complexity index is 268. The highest BCUT2D eigenvalue weighted by atomic mass is 35.5. The van der Waals surface area contributed by atoms with Gasteiger partial charge in [-0.3, -0.25) is 0 Å². The molecule has 0 saturated carbocycles. The second kappa shape index (κ2) is 5.28. The van der Waals surface area contributed by atoms with Gasteiger partial charge in [-0.2, -0.15) is 0 Å². The summed E-state index contributed by atoms with van der Waals surface area (Å²) in [4.78, 5) is 1.20. The highest BCUT2D eigenvalue weighted by Crippen LogP contribution is 2.21. The first-order valence-corrected chi connectivity index (χ1v) is 5.02. The zero-order valence-corrected chi connectivity index (χ0v) is 8.24. The van der Waals surface area contributed by atoms with Crippen LogP contribution < -0.4 is 0 Å². The van der Waals surface area contributed by atoms with Crippen LogP contribution in [0.2, 0.25) is 5.02 Å². The fourth-order valence-corrected chi connectivity index (χ4v) is 1.83. The average molecular weight is 198 g/mol. The summed E-state index contributed by atoms with van der Waals surface area (Å²) in [5.74, 6) is 0.948. The molecule has 0 amide bonds. The third-order valence-electron chi connectivity index (χ3n) is 1.31. The SMILES string of the molecule is [CH2]/C=C/CSc1cccc(Cl)c1. The molecule has 0 fully saturated rings. The van der Waals surface area contributed by atoms with E-state index in [1.54, 1.807) is 17.8 Å². The van der Waals surface area contributed by atoms with Gasteiger partial charge in [0.2, 0.25) is 0 Å². The van der Waals surface area contributed by atoms with Crippen LogP contribution in [-0.4, -0.2) is 5.75 Å². The Morgan fingerprint density at radius 2 is 2.33 bits per heavy atom. The summed E-state index contributed by atoms with van der Waals surface area (Å²) in [7, 11) is 0. The van der Waals surface area contributed by atoms with Gasteiger partial charge in [0, 0.05) is 15.7 Å². The van der Waals surface area contributed by atoms with Crippen molar-refractivity contribution in [3.63, 3.8) is 0 Å². The van der Waals surface area contributed by atoms with Gasteiger partial charge in [0.25, 0.3) is 0 Å². The van der Waals surface area contributed by atoms with E-state index < -0.39 is 0 Å². The molecule has 1 aromatic rings. The smallest absolute Gasteiger partial charge is 0.0417 e. The van der Waals surface area contributed by atoms with Gasteiger partial charge < -0.3 is 0 Å². The summed E-state index contributed by atoms with van der Waals surface area (Å²) in [5.41, 5.74) is 0. The first-order valence-electron chi connectivity index (χ1n) is 3.65. The molecule has 0 bridgehead atoms. The van der Waals surface area contributed by atoms with Gasteiger partial charge in [-0.1, -0.05) is 29.8 Å². The van der Waals surface area contributed by atoms with E-state index in [2.05, 4.69) is 6.92 Å². The lowest BCUT2D eigenvalue weighted by Gasteiger charge is -1.97. The number of benzene rings is 1. The van der Waals surface area contributed by atoms with Crippen molar-refractivity contribution in [2.24, 2.45) is 0 Å². The maximum absolute atomic E-state index is 5.81. The second-order valence-corrected chi connectivity index (χ2v) is 3.77. The van der Waals surface area contributed by atoms with Gasteiger partial charge in [-0.25, -0.2) is 0 Å². The molecule has 2 heteroatoms. The van der Waals surface area contributed by atoms with E-state index in [-0.39, 0.29) is 0 Å². The van der Waals surface area contributed by atoms with Crippen LogP contribution in [0.3, 0.4) is 0 Å². The molecule has 0 spiro atoms. The molecular formula is C10H10ClS. The van der Waals surface area contributed by atoms with Crippen LogP contribution in [0.1, 0.15) is 0 Å². The molecule has 0 aliphatic rings. The Labute approximate surface area is 82.6 Å². The predicted molar refractivity (Wildman–Crippen MR) is 56.7 cm³/mol. The molecule has 63 valence electrons. The molecule has 12 heavy (non-hydrogen) atoms. The molecular weight excluding hydrogens is 188 g/mol. The largest absolute Gasteiger partial charge is 0.122 e. The van der Waals surface area contributed by atoms with Crippen LogP contribution in [0.5, 0.6) is 0 Å². The summed E-state index contributed by atoms with van der Waals surface area (Å²) in [5, 5.41) is 0.790. The van der Waals surface area contributed by atoms with Gasteiger partial charge in [-0.05, 0) is 25.1 Å². The van der Waals surface area contributed by atoms with Crippen molar-refractivity contribution < 1.29 is 0 Å². The monoisotopic (exact) mass is 197 g/mol. The van der Waals surface area contributed by atoms with E-state index in [4.69, 9.17) is 11.6 Å². The molecule has 1 rings (SSSR count). The lowest BCUT2D eigenvalue weighted by atomic mass is 10.4. The Kier molecular flexibility index (Phi) is 4.26. The van der Waals surface area contributed by atoms with Crippen LogP contribution in [0.25, 0.3) is 0 Å².